The maximum Gasteiger partial charge on any atom is 0.345 e. The van der Waals surface area contributed by atoms with Crippen LogP contribution < -0.4 is 0 Å². The zero-order valence-corrected chi connectivity index (χ0v) is 10.0. The average molecular weight is 261 g/mol. The van der Waals surface area contributed by atoms with Crippen LogP contribution in [0.4, 0.5) is 17.6 Å². The molecule has 0 heterocycles. The lowest BCUT2D eigenvalue weighted by Gasteiger charge is -2.23. The second kappa shape index (κ2) is 9.61. The second-order valence-corrected chi connectivity index (χ2v) is 3.96. The van der Waals surface area contributed by atoms with E-state index in [-0.39, 0.29) is 26.3 Å². The molecule has 17 heavy (non-hydrogen) atoms. The van der Waals surface area contributed by atoms with Gasteiger partial charge in [0.05, 0.1) is 13.2 Å². The number of ether oxygens (including phenoxy) is 2. The molecular formula is C10H19F4NO2. The Hall–Kier alpha value is -0.400. The van der Waals surface area contributed by atoms with Crippen molar-refractivity contribution >= 4 is 0 Å². The molecule has 0 aromatic rings. The predicted molar refractivity (Wildman–Crippen MR) is 55.2 cm³/mol. The fraction of sp³-hybridized carbons (Fsp3) is 1.00. The van der Waals surface area contributed by atoms with Gasteiger partial charge in [0.2, 0.25) is 0 Å². The van der Waals surface area contributed by atoms with Crippen molar-refractivity contribution in [3.05, 3.63) is 0 Å². The highest BCUT2D eigenvalue weighted by molar-refractivity contribution is 4.59. The predicted octanol–water partition coefficient (Wildman–Crippen LogP) is 2.42. The van der Waals surface area contributed by atoms with Gasteiger partial charge < -0.3 is 9.47 Å². The SMILES string of the molecule is CC(C)CN(CCOC(F)F)CCOC(F)F. The molecular weight excluding hydrogens is 242 g/mol. The fourth-order valence-electron chi connectivity index (χ4n) is 1.35. The largest absolute Gasteiger partial charge is 0.345 e. The standard InChI is InChI=1S/C10H19F4NO2/c1-8(2)7-15(3-5-16-9(11)12)4-6-17-10(13)14/h8-10H,3-7H2,1-2H3. The van der Waals surface area contributed by atoms with E-state index in [9.17, 15) is 17.6 Å². The number of halogens is 4. The van der Waals surface area contributed by atoms with Gasteiger partial charge in [0.15, 0.2) is 0 Å². The van der Waals surface area contributed by atoms with Crippen molar-refractivity contribution in [1.82, 2.24) is 4.90 Å². The van der Waals surface area contributed by atoms with E-state index in [0.717, 1.165) is 0 Å². The van der Waals surface area contributed by atoms with Gasteiger partial charge in [-0.1, -0.05) is 13.8 Å². The molecule has 0 aliphatic carbocycles. The minimum absolute atomic E-state index is 0.126. The zero-order chi connectivity index (χ0) is 13.3. The molecule has 0 N–H and O–H groups in total. The summed E-state index contributed by atoms with van der Waals surface area (Å²) in [7, 11) is 0. The maximum absolute atomic E-state index is 11.7. The van der Waals surface area contributed by atoms with E-state index in [4.69, 9.17) is 0 Å². The summed E-state index contributed by atoms with van der Waals surface area (Å²) in [6.07, 6.45) is 0. The lowest BCUT2D eigenvalue weighted by Crippen LogP contribution is -2.34. The van der Waals surface area contributed by atoms with Crippen LogP contribution in [0.2, 0.25) is 0 Å². The first-order valence-corrected chi connectivity index (χ1v) is 5.43. The van der Waals surface area contributed by atoms with Crippen LogP contribution in [-0.2, 0) is 9.47 Å². The molecule has 7 heteroatoms. The summed E-state index contributed by atoms with van der Waals surface area (Å²) in [6, 6.07) is 0. The van der Waals surface area contributed by atoms with Gasteiger partial charge in [-0.15, -0.1) is 0 Å². The topological polar surface area (TPSA) is 21.7 Å². The highest BCUT2D eigenvalue weighted by Crippen LogP contribution is 2.02. The van der Waals surface area contributed by atoms with Gasteiger partial charge in [0.1, 0.15) is 0 Å². The number of rotatable bonds is 10. The van der Waals surface area contributed by atoms with E-state index in [1.165, 1.54) is 0 Å². The number of alkyl halides is 4. The van der Waals surface area contributed by atoms with Crippen molar-refractivity contribution in [2.24, 2.45) is 5.92 Å². The fourth-order valence-corrected chi connectivity index (χ4v) is 1.35. The van der Waals surface area contributed by atoms with Gasteiger partial charge in [-0.25, -0.2) is 0 Å². The lowest BCUT2D eigenvalue weighted by molar-refractivity contribution is -0.140. The van der Waals surface area contributed by atoms with Gasteiger partial charge in [-0.05, 0) is 5.92 Å². The molecule has 0 atom stereocenters. The summed E-state index contributed by atoms with van der Waals surface area (Å²) in [5.74, 6) is 0.313. The molecule has 0 amide bonds. The molecule has 0 aliphatic heterocycles. The first-order chi connectivity index (χ1) is 7.91. The van der Waals surface area contributed by atoms with Crippen molar-refractivity contribution < 1.29 is 27.0 Å². The molecule has 0 aromatic carbocycles. The Morgan fingerprint density at radius 1 is 0.882 bits per heavy atom. The molecule has 3 nitrogen and oxygen atoms in total. The molecule has 0 spiro atoms. The first-order valence-electron chi connectivity index (χ1n) is 5.43. The molecule has 0 aliphatic rings. The number of hydrogen-bond donors (Lipinski definition) is 0. The molecule has 0 fully saturated rings. The summed E-state index contributed by atoms with van der Waals surface area (Å²) < 4.78 is 55.2. The monoisotopic (exact) mass is 261 g/mol. The molecule has 0 radical (unpaired) electrons. The van der Waals surface area contributed by atoms with Crippen LogP contribution in [0.3, 0.4) is 0 Å². The summed E-state index contributed by atoms with van der Waals surface area (Å²) in [5.41, 5.74) is 0. The quantitative estimate of drug-likeness (QED) is 0.564. The summed E-state index contributed by atoms with van der Waals surface area (Å²) >= 11 is 0. The highest BCUT2D eigenvalue weighted by Gasteiger charge is 2.10. The Balaban J connectivity index is 3.79. The van der Waals surface area contributed by atoms with Crippen LogP contribution in [0.5, 0.6) is 0 Å². The highest BCUT2D eigenvalue weighted by atomic mass is 19.3. The van der Waals surface area contributed by atoms with Gasteiger partial charge in [0.25, 0.3) is 0 Å². The molecule has 0 unspecified atom stereocenters. The van der Waals surface area contributed by atoms with E-state index in [1.807, 2.05) is 13.8 Å². The van der Waals surface area contributed by atoms with Gasteiger partial charge in [-0.3, -0.25) is 4.90 Å². The van der Waals surface area contributed by atoms with Crippen LogP contribution >= 0.6 is 0 Å². The molecule has 0 rings (SSSR count). The normalized spacial score (nSPS) is 12.4. The summed E-state index contributed by atoms with van der Waals surface area (Å²) in [4.78, 5) is 1.76. The Labute approximate surface area is 98.7 Å². The third kappa shape index (κ3) is 11.9. The van der Waals surface area contributed by atoms with Gasteiger partial charge in [-0.2, -0.15) is 17.6 Å². The summed E-state index contributed by atoms with van der Waals surface area (Å²) in [5, 5.41) is 0. The smallest absolute Gasteiger partial charge is 0.322 e. The third-order valence-corrected chi connectivity index (χ3v) is 1.93. The average Bonchev–Trinajstić information content (AvgIpc) is 2.15. The second-order valence-electron chi connectivity index (χ2n) is 3.96. The molecule has 104 valence electrons. The zero-order valence-electron chi connectivity index (χ0n) is 10.0. The van der Waals surface area contributed by atoms with E-state index in [0.29, 0.717) is 12.5 Å². The minimum Gasteiger partial charge on any atom is -0.322 e. The Kier molecular flexibility index (Phi) is 9.39. The molecule has 0 bridgehead atoms. The van der Waals surface area contributed by atoms with Gasteiger partial charge >= 0.3 is 13.2 Å². The van der Waals surface area contributed by atoms with E-state index in [1.54, 1.807) is 4.90 Å². The van der Waals surface area contributed by atoms with Crippen molar-refractivity contribution in [2.75, 3.05) is 32.8 Å². The van der Waals surface area contributed by atoms with Crippen LogP contribution in [0, 0.1) is 5.92 Å². The molecule has 0 saturated carbocycles. The first kappa shape index (κ1) is 16.6. The Morgan fingerprint density at radius 3 is 1.59 bits per heavy atom. The van der Waals surface area contributed by atoms with E-state index < -0.39 is 13.2 Å². The minimum atomic E-state index is -2.80. The Bertz CT molecular complexity index is 168. The summed E-state index contributed by atoms with van der Waals surface area (Å²) in [6.45, 7) is -0.771. The van der Waals surface area contributed by atoms with Gasteiger partial charge in [0, 0.05) is 19.6 Å². The van der Waals surface area contributed by atoms with Crippen molar-refractivity contribution in [3.8, 4) is 0 Å². The van der Waals surface area contributed by atoms with Crippen molar-refractivity contribution in [2.45, 2.75) is 27.1 Å². The molecule has 0 aromatic heterocycles. The van der Waals surface area contributed by atoms with E-state index in [2.05, 4.69) is 9.47 Å². The third-order valence-electron chi connectivity index (χ3n) is 1.93. The van der Waals surface area contributed by atoms with Crippen molar-refractivity contribution in [1.29, 1.82) is 0 Å². The number of nitrogens with zero attached hydrogens (tertiary/aromatic N) is 1. The van der Waals surface area contributed by atoms with Crippen LogP contribution in [0.1, 0.15) is 13.8 Å². The van der Waals surface area contributed by atoms with Crippen LogP contribution in [0.25, 0.3) is 0 Å². The number of hydrogen-bond acceptors (Lipinski definition) is 3. The van der Waals surface area contributed by atoms with Crippen molar-refractivity contribution in [3.63, 3.8) is 0 Å². The lowest BCUT2D eigenvalue weighted by atomic mass is 10.2. The Morgan fingerprint density at radius 2 is 1.29 bits per heavy atom. The molecule has 0 saturated heterocycles. The van der Waals surface area contributed by atoms with E-state index >= 15 is 0 Å². The maximum atomic E-state index is 11.7. The van der Waals surface area contributed by atoms with Crippen LogP contribution in [-0.4, -0.2) is 51.0 Å². The van der Waals surface area contributed by atoms with Crippen LogP contribution in [0.15, 0.2) is 0 Å².